The Balaban J connectivity index is -0.0000000886. The van der Waals surface area contributed by atoms with Crippen LogP contribution in [0, 0.1) is 0 Å². The number of rotatable bonds is 1. The Kier molecular flexibility index (Phi) is 35.0. The summed E-state index contributed by atoms with van der Waals surface area (Å²) in [5.74, 6) is 0. The van der Waals surface area contributed by atoms with E-state index in [4.69, 9.17) is 0 Å². The van der Waals surface area contributed by atoms with Gasteiger partial charge in [-0.2, -0.15) is 0 Å². The standard InChI is InChI=1S/C4H10.C3H8.C2H4F2/c1-3-4-2;1-3-2;1-2(3)4/h3-4H2,1-2H3;3H2,1-2H3;2H,1H3. The SMILES string of the molecule is CC(F)F.CCC.CCCC. The molecule has 0 bridgehead atoms. The van der Waals surface area contributed by atoms with E-state index in [0.717, 1.165) is 6.92 Å². The van der Waals surface area contributed by atoms with Gasteiger partial charge in [-0.1, -0.05) is 47.0 Å². The lowest BCUT2D eigenvalue weighted by molar-refractivity contribution is 0.171. The van der Waals surface area contributed by atoms with E-state index in [0.29, 0.717) is 0 Å². The van der Waals surface area contributed by atoms with Crippen LogP contribution in [0.25, 0.3) is 0 Å². The third kappa shape index (κ3) is 824. The van der Waals surface area contributed by atoms with Crippen LogP contribution in [0.3, 0.4) is 0 Å². The summed E-state index contributed by atoms with van der Waals surface area (Å²) in [7, 11) is 0. The van der Waals surface area contributed by atoms with Gasteiger partial charge in [0, 0.05) is 0 Å². The zero-order valence-corrected chi connectivity index (χ0v) is 8.45. The molecule has 0 nitrogen and oxygen atoms in total. The third-order valence-corrected chi connectivity index (χ3v) is 0.500. The lowest BCUT2D eigenvalue weighted by Gasteiger charge is -1.70. The molecule has 0 aliphatic carbocycles. The minimum absolute atomic E-state index is 0.833. The maximum atomic E-state index is 10.3. The van der Waals surface area contributed by atoms with Crippen LogP contribution in [-0.4, -0.2) is 6.43 Å². The molecule has 0 aliphatic heterocycles. The Hall–Kier alpha value is -0.140. The molecule has 0 aromatic rings. The molecule has 72 valence electrons. The molecule has 0 aromatic heterocycles. The van der Waals surface area contributed by atoms with Crippen molar-refractivity contribution >= 4 is 0 Å². The van der Waals surface area contributed by atoms with E-state index >= 15 is 0 Å². The first kappa shape index (κ1) is 17.1. The number of alkyl halides is 2. The maximum absolute atomic E-state index is 10.3. The van der Waals surface area contributed by atoms with E-state index in [-0.39, 0.29) is 0 Å². The third-order valence-electron chi connectivity index (χ3n) is 0.500. The zero-order chi connectivity index (χ0) is 9.70. The second kappa shape index (κ2) is 22.5. The molecule has 0 radical (unpaired) electrons. The lowest BCUT2D eigenvalue weighted by Crippen LogP contribution is -1.69. The average molecular weight is 168 g/mol. The number of hydrogen-bond donors (Lipinski definition) is 0. The highest BCUT2D eigenvalue weighted by atomic mass is 19.3. The smallest absolute Gasteiger partial charge is 0.211 e. The monoisotopic (exact) mass is 168 g/mol. The van der Waals surface area contributed by atoms with E-state index in [1.165, 1.54) is 19.3 Å². The molecular formula is C9H22F2. The number of hydrogen-bond acceptors (Lipinski definition) is 0. The molecule has 0 saturated carbocycles. The Bertz CT molecular complexity index is 31.8. The highest BCUT2D eigenvalue weighted by Gasteiger charge is 1.79. The van der Waals surface area contributed by atoms with Crippen LogP contribution < -0.4 is 0 Å². The molecule has 0 aromatic carbocycles. The average Bonchev–Trinajstić information content (AvgIpc) is 1.88. The molecule has 2 heteroatoms. The molecule has 0 atom stereocenters. The minimum atomic E-state index is -2.17. The summed E-state index contributed by atoms with van der Waals surface area (Å²) in [6.07, 6.45) is 1.72. The van der Waals surface area contributed by atoms with Crippen LogP contribution in [0.5, 0.6) is 0 Å². The summed E-state index contributed by atoms with van der Waals surface area (Å²) in [4.78, 5) is 0. The van der Waals surface area contributed by atoms with Crippen molar-refractivity contribution in [3.05, 3.63) is 0 Å². The quantitative estimate of drug-likeness (QED) is 0.541. The van der Waals surface area contributed by atoms with Gasteiger partial charge in [0.15, 0.2) is 0 Å². The molecule has 0 spiro atoms. The normalized spacial score (nSPS) is 7.64. The molecule has 0 saturated heterocycles. The van der Waals surface area contributed by atoms with Crippen molar-refractivity contribution in [2.75, 3.05) is 0 Å². The molecule has 0 aliphatic rings. The molecule has 0 unspecified atom stereocenters. The predicted molar refractivity (Wildman–Crippen MR) is 48.2 cm³/mol. The summed E-state index contributed by atoms with van der Waals surface area (Å²) in [5, 5.41) is 0. The summed E-state index contributed by atoms with van der Waals surface area (Å²) in [5.41, 5.74) is 0. The van der Waals surface area contributed by atoms with Gasteiger partial charge in [0.05, 0.1) is 0 Å². The van der Waals surface area contributed by atoms with Crippen LogP contribution in [0.4, 0.5) is 8.78 Å². The Morgan fingerprint density at radius 1 is 0.909 bits per heavy atom. The van der Waals surface area contributed by atoms with Crippen LogP contribution in [0.1, 0.15) is 53.9 Å². The molecule has 0 rings (SSSR count). The van der Waals surface area contributed by atoms with Gasteiger partial charge >= 0.3 is 0 Å². The molecule has 0 fully saturated rings. The number of halogens is 2. The topological polar surface area (TPSA) is 0 Å². The van der Waals surface area contributed by atoms with E-state index in [1.807, 2.05) is 0 Å². The lowest BCUT2D eigenvalue weighted by atomic mass is 10.4. The van der Waals surface area contributed by atoms with Gasteiger partial charge in [-0.15, -0.1) is 0 Å². The number of unbranched alkanes of at least 4 members (excludes halogenated alkanes) is 1. The fourth-order valence-electron chi connectivity index (χ4n) is 0. The van der Waals surface area contributed by atoms with E-state index in [1.54, 1.807) is 0 Å². The highest BCUT2D eigenvalue weighted by Crippen LogP contribution is 1.82. The van der Waals surface area contributed by atoms with Gasteiger partial charge in [0.1, 0.15) is 0 Å². The van der Waals surface area contributed by atoms with Crippen molar-refractivity contribution in [2.45, 2.75) is 60.3 Å². The predicted octanol–water partition coefficient (Wildman–Crippen LogP) is 4.49. The molecule has 0 N–H and O–H groups in total. The van der Waals surface area contributed by atoms with Crippen molar-refractivity contribution in [3.63, 3.8) is 0 Å². The fraction of sp³-hybridized carbons (Fsp3) is 1.00. The molecular weight excluding hydrogens is 146 g/mol. The van der Waals surface area contributed by atoms with Crippen molar-refractivity contribution in [3.8, 4) is 0 Å². The van der Waals surface area contributed by atoms with Crippen molar-refractivity contribution in [1.82, 2.24) is 0 Å². The first-order chi connectivity index (χ1) is 5.06. The van der Waals surface area contributed by atoms with Gasteiger partial charge in [-0.3, -0.25) is 0 Å². The summed E-state index contributed by atoms with van der Waals surface area (Å²) >= 11 is 0. The fourth-order valence-corrected chi connectivity index (χ4v) is 0. The van der Waals surface area contributed by atoms with Crippen LogP contribution >= 0.6 is 0 Å². The second-order valence-corrected chi connectivity index (χ2v) is 2.23. The minimum Gasteiger partial charge on any atom is -0.211 e. The van der Waals surface area contributed by atoms with Gasteiger partial charge in [0.2, 0.25) is 6.43 Å². The van der Waals surface area contributed by atoms with Gasteiger partial charge in [-0.25, -0.2) is 8.78 Å². The Labute approximate surface area is 70.0 Å². The van der Waals surface area contributed by atoms with Crippen molar-refractivity contribution < 1.29 is 8.78 Å². The van der Waals surface area contributed by atoms with E-state index < -0.39 is 6.43 Å². The second-order valence-electron chi connectivity index (χ2n) is 2.23. The highest BCUT2D eigenvalue weighted by molar-refractivity contribution is 4.12. The van der Waals surface area contributed by atoms with Crippen molar-refractivity contribution in [2.24, 2.45) is 0 Å². The van der Waals surface area contributed by atoms with Gasteiger partial charge in [0.25, 0.3) is 0 Å². The summed E-state index contributed by atoms with van der Waals surface area (Å²) < 4.78 is 20.7. The molecule has 11 heavy (non-hydrogen) atoms. The van der Waals surface area contributed by atoms with Crippen molar-refractivity contribution in [1.29, 1.82) is 0 Å². The first-order valence-electron chi connectivity index (χ1n) is 4.34. The van der Waals surface area contributed by atoms with Gasteiger partial charge in [-0.05, 0) is 6.92 Å². The van der Waals surface area contributed by atoms with Crippen LogP contribution in [0.2, 0.25) is 0 Å². The van der Waals surface area contributed by atoms with Gasteiger partial charge < -0.3 is 0 Å². The van der Waals surface area contributed by atoms with Crippen LogP contribution in [-0.2, 0) is 0 Å². The largest absolute Gasteiger partial charge is 0.235 e. The Morgan fingerprint density at radius 2 is 1.00 bits per heavy atom. The maximum Gasteiger partial charge on any atom is 0.235 e. The van der Waals surface area contributed by atoms with Crippen LogP contribution in [0.15, 0.2) is 0 Å². The van der Waals surface area contributed by atoms with E-state index in [2.05, 4.69) is 27.7 Å². The zero-order valence-electron chi connectivity index (χ0n) is 8.45. The summed E-state index contributed by atoms with van der Waals surface area (Å²) in [6, 6.07) is 0. The Morgan fingerprint density at radius 3 is 1.00 bits per heavy atom. The van der Waals surface area contributed by atoms with E-state index in [9.17, 15) is 8.78 Å². The molecule has 0 amide bonds. The summed E-state index contributed by atoms with van der Waals surface area (Å²) in [6.45, 7) is 9.44. The molecule has 0 heterocycles. The first-order valence-corrected chi connectivity index (χ1v) is 4.34.